The number of benzene rings is 2. The zero-order chi connectivity index (χ0) is 18.5. The highest BCUT2D eigenvalue weighted by Crippen LogP contribution is 2.29. The zero-order valence-electron chi connectivity index (χ0n) is 14.7. The molecule has 1 unspecified atom stereocenters. The molecule has 0 radical (unpaired) electrons. The smallest absolute Gasteiger partial charge is 0.228 e. The van der Waals surface area contributed by atoms with Crippen LogP contribution in [0.2, 0.25) is 5.02 Å². The van der Waals surface area contributed by atoms with Crippen LogP contribution in [0.3, 0.4) is 0 Å². The number of methoxy groups -OCH3 is 1. The van der Waals surface area contributed by atoms with E-state index in [0.29, 0.717) is 16.5 Å². The van der Waals surface area contributed by atoms with Crippen molar-refractivity contribution in [2.24, 2.45) is 5.92 Å². The molecule has 1 amide bonds. The summed E-state index contributed by atoms with van der Waals surface area (Å²) < 4.78 is 6.39. The third-order valence-electron chi connectivity index (χ3n) is 4.59. The Morgan fingerprint density at radius 2 is 2.19 bits per heavy atom. The van der Waals surface area contributed by atoms with Crippen LogP contribution < -0.4 is 10.1 Å². The molecule has 2 aromatic carbocycles. The lowest BCUT2D eigenvalue weighted by atomic mass is 9.96. The number of carbonyl (C=O) groups is 1. The molecule has 0 bridgehead atoms. The summed E-state index contributed by atoms with van der Waals surface area (Å²) in [7, 11) is 1.58. The van der Waals surface area contributed by atoms with Crippen molar-refractivity contribution in [3.05, 3.63) is 57.5 Å². The lowest BCUT2D eigenvalue weighted by Gasteiger charge is -2.32. The monoisotopic (exact) mass is 436 g/mol. The topological polar surface area (TPSA) is 41.6 Å². The van der Waals surface area contributed by atoms with Gasteiger partial charge in [-0.05, 0) is 55.3 Å². The highest BCUT2D eigenvalue weighted by molar-refractivity contribution is 9.10. The molecule has 1 aliphatic rings. The number of nitrogens with zero attached hydrogens (tertiary/aromatic N) is 1. The van der Waals surface area contributed by atoms with Gasteiger partial charge in [0, 0.05) is 22.6 Å². The van der Waals surface area contributed by atoms with Gasteiger partial charge in [0.05, 0.1) is 18.7 Å². The maximum Gasteiger partial charge on any atom is 0.228 e. The summed E-state index contributed by atoms with van der Waals surface area (Å²) in [5.74, 6) is 0.591. The Hall–Kier alpha value is -1.56. The maximum absolute atomic E-state index is 12.8. The number of piperidine rings is 1. The summed E-state index contributed by atoms with van der Waals surface area (Å²) in [5.41, 5.74) is 1.87. The molecule has 138 valence electrons. The van der Waals surface area contributed by atoms with E-state index in [2.05, 4.69) is 38.3 Å². The van der Waals surface area contributed by atoms with Gasteiger partial charge < -0.3 is 10.1 Å². The Morgan fingerprint density at radius 3 is 2.96 bits per heavy atom. The van der Waals surface area contributed by atoms with Crippen molar-refractivity contribution in [3.63, 3.8) is 0 Å². The number of rotatable bonds is 5. The summed E-state index contributed by atoms with van der Waals surface area (Å²) in [6.45, 7) is 2.61. The number of likely N-dealkylation sites (tertiary alicyclic amines) is 1. The van der Waals surface area contributed by atoms with Gasteiger partial charge in [-0.2, -0.15) is 0 Å². The first-order valence-electron chi connectivity index (χ1n) is 8.66. The number of ether oxygens (including phenoxy) is 1. The van der Waals surface area contributed by atoms with E-state index in [-0.39, 0.29) is 11.8 Å². The van der Waals surface area contributed by atoms with Gasteiger partial charge in [-0.3, -0.25) is 9.69 Å². The van der Waals surface area contributed by atoms with Crippen LogP contribution in [0.4, 0.5) is 5.69 Å². The van der Waals surface area contributed by atoms with Gasteiger partial charge in [-0.25, -0.2) is 0 Å². The summed E-state index contributed by atoms with van der Waals surface area (Å²) in [6.07, 6.45) is 1.91. The minimum atomic E-state index is -0.0420. The fourth-order valence-electron chi connectivity index (χ4n) is 3.32. The minimum absolute atomic E-state index is 0.0181. The first kappa shape index (κ1) is 19.2. The molecule has 1 saturated heterocycles. The van der Waals surface area contributed by atoms with E-state index in [0.717, 1.165) is 36.9 Å². The molecule has 4 nitrogen and oxygen atoms in total. The highest BCUT2D eigenvalue weighted by Gasteiger charge is 2.26. The summed E-state index contributed by atoms with van der Waals surface area (Å²) in [4.78, 5) is 15.1. The fourth-order valence-corrected chi connectivity index (χ4v) is 3.94. The van der Waals surface area contributed by atoms with Crippen molar-refractivity contribution < 1.29 is 9.53 Å². The number of amides is 1. The maximum atomic E-state index is 12.8. The molecule has 0 spiro atoms. The molecule has 1 aliphatic heterocycles. The summed E-state index contributed by atoms with van der Waals surface area (Å²) >= 11 is 9.56. The third kappa shape index (κ3) is 5.00. The van der Waals surface area contributed by atoms with Crippen LogP contribution in [0.25, 0.3) is 0 Å². The SMILES string of the molecule is COc1ccc(Cl)cc1NC(=O)C1CCCN(Cc2cccc(Br)c2)C1. The normalized spacial score (nSPS) is 17.7. The molecular formula is C20H22BrClN2O2. The lowest BCUT2D eigenvalue weighted by molar-refractivity contribution is -0.121. The molecule has 2 aromatic rings. The Balaban J connectivity index is 1.64. The van der Waals surface area contributed by atoms with E-state index in [9.17, 15) is 4.79 Å². The number of hydrogen-bond acceptors (Lipinski definition) is 3. The van der Waals surface area contributed by atoms with Crippen LogP contribution in [-0.4, -0.2) is 31.0 Å². The Labute approximate surface area is 167 Å². The highest BCUT2D eigenvalue weighted by atomic mass is 79.9. The Kier molecular flexibility index (Phi) is 6.57. The van der Waals surface area contributed by atoms with E-state index in [4.69, 9.17) is 16.3 Å². The third-order valence-corrected chi connectivity index (χ3v) is 5.32. The Morgan fingerprint density at radius 1 is 1.35 bits per heavy atom. The molecule has 6 heteroatoms. The van der Waals surface area contributed by atoms with Gasteiger partial charge in [0.1, 0.15) is 5.75 Å². The fraction of sp³-hybridized carbons (Fsp3) is 0.350. The van der Waals surface area contributed by atoms with Gasteiger partial charge in [0.2, 0.25) is 5.91 Å². The number of nitrogens with one attached hydrogen (secondary N) is 1. The van der Waals surface area contributed by atoms with Crippen molar-refractivity contribution >= 4 is 39.1 Å². The summed E-state index contributed by atoms with van der Waals surface area (Å²) in [5, 5.41) is 3.55. The van der Waals surface area contributed by atoms with E-state index in [1.165, 1.54) is 5.56 Å². The molecule has 3 rings (SSSR count). The molecule has 26 heavy (non-hydrogen) atoms. The van der Waals surface area contributed by atoms with Crippen LogP contribution in [0.15, 0.2) is 46.9 Å². The minimum Gasteiger partial charge on any atom is -0.495 e. The van der Waals surface area contributed by atoms with Gasteiger partial charge in [-0.1, -0.05) is 39.7 Å². The van der Waals surface area contributed by atoms with Gasteiger partial charge in [-0.15, -0.1) is 0 Å². The zero-order valence-corrected chi connectivity index (χ0v) is 17.0. The van der Waals surface area contributed by atoms with Crippen molar-refractivity contribution in [1.82, 2.24) is 4.90 Å². The first-order valence-corrected chi connectivity index (χ1v) is 9.83. The standard InChI is InChI=1S/C20H22BrClN2O2/c1-26-19-8-7-17(22)11-18(19)23-20(25)15-5-3-9-24(13-15)12-14-4-2-6-16(21)10-14/h2,4,6-8,10-11,15H,3,5,9,12-13H2,1H3,(H,23,25). The number of carbonyl (C=O) groups excluding carboxylic acids is 1. The van der Waals surface area contributed by atoms with Crippen LogP contribution in [0, 0.1) is 5.92 Å². The van der Waals surface area contributed by atoms with Crippen molar-refractivity contribution in [2.45, 2.75) is 19.4 Å². The van der Waals surface area contributed by atoms with Crippen molar-refractivity contribution in [1.29, 1.82) is 0 Å². The van der Waals surface area contributed by atoms with Crippen LogP contribution in [-0.2, 0) is 11.3 Å². The number of halogens is 2. The quantitative estimate of drug-likeness (QED) is 0.718. The van der Waals surface area contributed by atoms with Crippen molar-refractivity contribution in [3.8, 4) is 5.75 Å². The molecule has 1 fully saturated rings. The van der Waals surface area contributed by atoms with E-state index >= 15 is 0 Å². The van der Waals surface area contributed by atoms with Gasteiger partial charge in [0.25, 0.3) is 0 Å². The molecule has 1 heterocycles. The van der Waals surface area contributed by atoms with Crippen LogP contribution in [0.1, 0.15) is 18.4 Å². The lowest BCUT2D eigenvalue weighted by Crippen LogP contribution is -2.40. The van der Waals surface area contributed by atoms with E-state index in [1.54, 1.807) is 25.3 Å². The second-order valence-corrected chi connectivity index (χ2v) is 7.89. The molecule has 0 aromatic heterocycles. The number of anilines is 1. The predicted molar refractivity (Wildman–Crippen MR) is 109 cm³/mol. The average Bonchev–Trinajstić information content (AvgIpc) is 2.62. The van der Waals surface area contributed by atoms with Crippen LogP contribution >= 0.6 is 27.5 Å². The Bertz CT molecular complexity index is 784. The predicted octanol–water partition coefficient (Wildman–Crippen LogP) is 4.96. The largest absolute Gasteiger partial charge is 0.495 e. The second-order valence-electron chi connectivity index (χ2n) is 6.54. The molecule has 0 aliphatic carbocycles. The molecular weight excluding hydrogens is 416 g/mol. The van der Waals surface area contributed by atoms with Crippen molar-refractivity contribution in [2.75, 3.05) is 25.5 Å². The first-order chi connectivity index (χ1) is 12.5. The average molecular weight is 438 g/mol. The summed E-state index contributed by atoms with van der Waals surface area (Å²) in [6, 6.07) is 13.5. The van der Waals surface area contributed by atoms with E-state index < -0.39 is 0 Å². The van der Waals surface area contributed by atoms with E-state index in [1.807, 2.05) is 12.1 Å². The van der Waals surface area contributed by atoms with Gasteiger partial charge in [0.15, 0.2) is 0 Å². The second kappa shape index (κ2) is 8.89. The molecule has 1 N–H and O–H groups in total. The molecule has 1 atom stereocenters. The van der Waals surface area contributed by atoms with Crippen LogP contribution in [0.5, 0.6) is 5.75 Å². The molecule has 0 saturated carbocycles. The number of hydrogen-bond donors (Lipinski definition) is 1. The van der Waals surface area contributed by atoms with Gasteiger partial charge >= 0.3 is 0 Å².